The monoisotopic (exact) mass is 431 g/mol. The lowest BCUT2D eigenvalue weighted by molar-refractivity contribution is -0.149. The van der Waals surface area contributed by atoms with Gasteiger partial charge in [0.05, 0.1) is 13.2 Å². The standard InChI is InChI=1S/C27H29NO4/c1-2-28(25(27(30)31)16-19-10-4-3-5-11-19)17-26(29)32-18-24-22-14-8-6-12-20(22)21-13-7-9-15-23(21)24/h3-15,24-26,29H,2,16-18H2,1H3,(H,30,31)/t25-,26-/m0/s1. The average molecular weight is 432 g/mol. The Balaban J connectivity index is 1.42. The number of hydrogen-bond donors (Lipinski definition) is 2. The lowest BCUT2D eigenvalue weighted by Crippen LogP contribution is -2.46. The summed E-state index contributed by atoms with van der Waals surface area (Å²) >= 11 is 0. The van der Waals surface area contributed by atoms with Crippen molar-refractivity contribution in [2.24, 2.45) is 0 Å². The largest absolute Gasteiger partial charge is 0.480 e. The van der Waals surface area contributed by atoms with Crippen LogP contribution in [0.2, 0.25) is 0 Å². The minimum Gasteiger partial charge on any atom is -0.480 e. The fraction of sp³-hybridized carbons (Fsp3) is 0.296. The molecular weight excluding hydrogens is 402 g/mol. The van der Waals surface area contributed by atoms with Crippen LogP contribution in [0, 0.1) is 0 Å². The Bertz CT molecular complexity index is 1010. The number of nitrogens with zero attached hydrogens (tertiary/aromatic N) is 1. The third-order valence-electron chi connectivity index (χ3n) is 6.21. The summed E-state index contributed by atoms with van der Waals surface area (Å²) in [7, 11) is 0. The fourth-order valence-corrected chi connectivity index (χ4v) is 4.59. The zero-order chi connectivity index (χ0) is 22.5. The van der Waals surface area contributed by atoms with Gasteiger partial charge >= 0.3 is 5.97 Å². The number of fused-ring (bicyclic) bond motifs is 3. The first-order valence-corrected chi connectivity index (χ1v) is 11.1. The molecule has 3 aromatic rings. The van der Waals surface area contributed by atoms with E-state index in [2.05, 4.69) is 24.3 Å². The molecule has 0 bridgehead atoms. The van der Waals surface area contributed by atoms with Gasteiger partial charge in [0.2, 0.25) is 0 Å². The summed E-state index contributed by atoms with van der Waals surface area (Å²) in [6, 6.07) is 25.4. The maximum absolute atomic E-state index is 12.0. The highest BCUT2D eigenvalue weighted by molar-refractivity contribution is 5.78. The molecule has 0 aromatic heterocycles. The molecule has 1 aliphatic rings. The van der Waals surface area contributed by atoms with Gasteiger partial charge in [-0.05, 0) is 40.8 Å². The summed E-state index contributed by atoms with van der Waals surface area (Å²) in [4.78, 5) is 13.7. The highest BCUT2D eigenvalue weighted by atomic mass is 16.6. The van der Waals surface area contributed by atoms with Gasteiger partial charge in [0.25, 0.3) is 0 Å². The Morgan fingerprint density at radius 2 is 1.50 bits per heavy atom. The van der Waals surface area contributed by atoms with E-state index in [-0.39, 0.29) is 12.5 Å². The van der Waals surface area contributed by atoms with E-state index < -0.39 is 18.3 Å². The second kappa shape index (κ2) is 10.1. The number of rotatable bonds is 10. The van der Waals surface area contributed by atoms with Crippen LogP contribution >= 0.6 is 0 Å². The molecular formula is C27H29NO4. The van der Waals surface area contributed by atoms with Crippen molar-refractivity contribution in [1.82, 2.24) is 4.90 Å². The van der Waals surface area contributed by atoms with Gasteiger partial charge in [-0.25, -0.2) is 0 Å². The van der Waals surface area contributed by atoms with Crippen molar-refractivity contribution in [2.45, 2.75) is 31.6 Å². The van der Waals surface area contributed by atoms with Gasteiger partial charge in [0.15, 0.2) is 6.29 Å². The minimum absolute atomic E-state index is 0.0479. The average Bonchev–Trinajstić information content (AvgIpc) is 3.14. The van der Waals surface area contributed by atoms with E-state index >= 15 is 0 Å². The molecule has 5 heteroatoms. The molecule has 0 saturated heterocycles. The second-order valence-electron chi connectivity index (χ2n) is 8.15. The number of hydrogen-bond acceptors (Lipinski definition) is 4. The summed E-state index contributed by atoms with van der Waals surface area (Å²) in [5.41, 5.74) is 5.75. The number of carboxylic acid groups (broad SMARTS) is 1. The molecule has 3 aromatic carbocycles. The molecule has 1 aliphatic carbocycles. The number of carboxylic acids is 1. The van der Waals surface area contributed by atoms with Crippen molar-refractivity contribution in [1.29, 1.82) is 0 Å². The fourth-order valence-electron chi connectivity index (χ4n) is 4.59. The first-order chi connectivity index (χ1) is 15.6. The van der Waals surface area contributed by atoms with Crippen molar-refractivity contribution in [3.05, 3.63) is 95.6 Å². The molecule has 0 heterocycles. The van der Waals surface area contributed by atoms with Crippen molar-refractivity contribution in [3.63, 3.8) is 0 Å². The Morgan fingerprint density at radius 1 is 0.938 bits per heavy atom. The van der Waals surface area contributed by atoms with Crippen LogP contribution < -0.4 is 0 Å². The number of likely N-dealkylation sites (N-methyl/N-ethyl adjacent to an activating group) is 1. The summed E-state index contributed by atoms with van der Waals surface area (Å²) < 4.78 is 5.87. The molecule has 0 amide bonds. The molecule has 0 saturated carbocycles. The first kappa shape index (κ1) is 22.2. The number of aliphatic hydroxyl groups is 1. The lowest BCUT2D eigenvalue weighted by Gasteiger charge is -2.30. The van der Waals surface area contributed by atoms with Gasteiger partial charge in [0, 0.05) is 5.92 Å². The minimum atomic E-state index is -1.08. The van der Waals surface area contributed by atoms with E-state index in [1.54, 1.807) is 4.90 Å². The molecule has 32 heavy (non-hydrogen) atoms. The summed E-state index contributed by atoms with van der Waals surface area (Å²) in [6.07, 6.45) is -0.701. The zero-order valence-electron chi connectivity index (χ0n) is 18.2. The first-order valence-electron chi connectivity index (χ1n) is 11.1. The predicted molar refractivity (Wildman–Crippen MR) is 124 cm³/mol. The quantitative estimate of drug-likeness (QED) is 0.472. The van der Waals surface area contributed by atoms with Gasteiger partial charge in [-0.1, -0.05) is 85.8 Å². The van der Waals surface area contributed by atoms with Crippen molar-refractivity contribution in [3.8, 4) is 11.1 Å². The molecule has 0 spiro atoms. The van der Waals surface area contributed by atoms with E-state index in [1.807, 2.05) is 61.5 Å². The molecule has 0 aliphatic heterocycles. The predicted octanol–water partition coefficient (Wildman–Crippen LogP) is 4.15. The number of carbonyl (C=O) groups is 1. The van der Waals surface area contributed by atoms with E-state index in [9.17, 15) is 15.0 Å². The topological polar surface area (TPSA) is 70.0 Å². The van der Waals surface area contributed by atoms with Crippen LogP contribution in [0.5, 0.6) is 0 Å². The van der Waals surface area contributed by atoms with Crippen LogP contribution in [0.1, 0.15) is 29.5 Å². The van der Waals surface area contributed by atoms with Crippen LogP contribution in [0.15, 0.2) is 78.9 Å². The normalized spacial score (nSPS) is 14.7. The Labute approximate surface area is 188 Å². The van der Waals surface area contributed by atoms with Crippen molar-refractivity contribution >= 4 is 5.97 Å². The maximum atomic E-state index is 12.0. The number of benzene rings is 3. The van der Waals surface area contributed by atoms with E-state index in [4.69, 9.17) is 4.74 Å². The van der Waals surface area contributed by atoms with Gasteiger partial charge in [-0.2, -0.15) is 0 Å². The van der Waals surface area contributed by atoms with Gasteiger partial charge in [-0.15, -0.1) is 0 Å². The van der Waals surface area contributed by atoms with E-state index in [0.717, 1.165) is 5.56 Å². The van der Waals surface area contributed by atoms with Gasteiger partial charge in [0.1, 0.15) is 6.04 Å². The second-order valence-corrected chi connectivity index (χ2v) is 8.15. The third-order valence-corrected chi connectivity index (χ3v) is 6.21. The van der Waals surface area contributed by atoms with Crippen LogP contribution in [-0.4, -0.2) is 53.1 Å². The molecule has 166 valence electrons. The van der Waals surface area contributed by atoms with Gasteiger partial charge in [-0.3, -0.25) is 9.69 Å². The van der Waals surface area contributed by atoms with Crippen molar-refractivity contribution < 1.29 is 19.7 Å². The maximum Gasteiger partial charge on any atom is 0.321 e. The van der Waals surface area contributed by atoms with Gasteiger partial charge < -0.3 is 14.9 Å². The van der Waals surface area contributed by atoms with Crippen LogP contribution in [-0.2, 0) is 16.0 Å². The lowest BCUT2D eigenvalue weighted by atomic mass is 9.98. The van der Waals surface area contributed by atoms with Crippen molar-refractivity contribution in [2.75, 3.05) is 19.7 Å². The molecule has 5 nitrogen and oxygen atoms in total. The zero-order valence-corrected chi connectivity index (χ0v) is 18.2. The number of aliphatic carboxylic acids is 1. The summed E-state index contributed by atoms with van der Waals surface area (Å²) in [5.74, 6) is -0.853. The molecule has 4 rings (SSSR count). The smallest absolute Gasteiger partial charge is 0.321 e. The number of aliphatic hydroxyl groups excluding tert-OH is 1. The van der Waals surface area contributed by atoms with E-state index in [0.29, 0.717) is 19.6 Å². The molecule has 2 N–H and O–H groups in total. The van der Waals surface area contributed by atoms with Crippen LogP contribution in [0.25, 0.3) is 11.1 Å². The molecule has 0 radical (unpaired) electrons. The highest BCUT2D eigenvalue weighted by Crippen LogP contribution is 2.44. The third kappa shape index (κ3) is 4.75. The molecule has 2 atom stereocenters. The SMILES string of the molecule is CCN(C[C@@H](O)OCC1c2ccccc2-c2ccccc21)[C@@H](Cc1ccccc1)C(=O)O. The molecule has 0 fully saturated rings. The highest BCUT2D eigenvalue weighted by Gasteiger charge is 2.30. The number of ether oxygens (including phenoxy) is 1. The summed E-state index contributed by atoms with van der Waals surface area (Å²) in [6.45, 7) is 2.87. The molecule has 0 unspecified atom stereocenters. The van der Waals surface area contributed by atoms with Crippen LogP contribution in [0.4, 0.5) is 0 Å². The Hall–Kier alpha value is -2.99. The Morgan fingerprint density at radius 3 is 2.06 bits per heavy atom. The van der Waals surface area contributed by atoms with E-state index in [1.165, 1.54) is 22.3 Å². The summed E-state index contributed by atoms with van der Waals surface area (Å²) in [5, 5.41) is 20.5. The van der Waals surface area contributed by atoms with Crippen LogP contribution in [0.3, 0.4) is 0 Å². The Kier molecular flexibility index (Phi) is 7.00.